The Hall–Kier alpha value is -2.09. The molecule has 0 unspecified atom stereocenters. The third-order valence-corrected chi connectivity index (χ3v) is 4.86. The Morgan fingerprint density at radius 1 is 1.26 bits per heavy atom. The van der Waals surface area contributed by atoms with Gasteiger partial charge in [0.1, 0.15) is 10.0 Å². The van der Waals surface area contributed by atoms with E-state index in [4.69, 9.17) is 5.11 Å². The number of anilines is 1. The van der Waals surface area contributed by atoms with Gasteiger partial charge in [-0.1, -0.05) is 29.5 Å². The largest absolute Gasteiger partial charge is 0.465 e. The van der Waals surface area contributed by atoms with Gasteiger partial charge in [-0.3, -0.25) is 5.32 Å². The van der Waals surface area contributed by atoms with Gasteiger partial charge >= 0.3 is 12.3 Å². The van der Waals surface area contributed by atoms with Crippen LogP contribution in [0, 0.1) is 6.92 Å². The lowest BCUT2D eigenvalue weighted by Crippen LogP contribution is -2.19. The van der Waals surface area contributed by atoms with Gasteiger partial charge in [-0.25, -0.2) is 9.78 Å². The van der Waals surface area contributed by atoms with E-state index in [0.717, 1.165) is 23.5 Å². The summed E-state index contributed by atoms with van der Waals surface area (Å²) in [7, 11) is 0. The number of amides is 1. The number of benzene rings is 1. The first kappa shape index (κ1) is 17.3. The zero-order chi connectivity index (χ0) is 17.4. The van der Waals surface area contributed by atoms with E-state index in [9.17, 15) is 18.0 Å². The molecule has 0 radical (unpaired) electrons. The van der Waals surface area contributed by atoms with Crippen molar-refractivity contribution in [1.82, 2.24) is 4.98 Å². The van der Waals surface area contributed by atoms with Crippen molar-refractivity contribution in [3.8, 4) is 0 Å². The molecule has 4 nitrogen and oxygen atoms in total. The fourth-order valence-electron chi connectivity index (χ4n) is 2.08. The Balaban J connectivity index is 2.44. The minimum absolute atomic E-state index is 0.368. The van der Waals surface area contributed by atoms with Gasteiger partial charge in [0.05, 0.1) is 11.3 Å². The molecule has 0 atom stereocenters. The van der Waals surface area contributed by atoms with Gasteiger partial charge in [0.15, 0.2) is 0 Å². The number of halogens is 3. The minimum atomic E-state index is -4.42. The second kappa shape index (κ2) is 5.84. The average molecular weight is 344 g/mol. The number of rotatable bonds is 3. The number of hydrogen-bond acceptors (Lipinski definition) is 3. The first-order valence-electron chi connectivity index (χ1n) is 6.67. The molecule has 1 aromatic carbocycles. The molecule has 1 amide bonds. The summed E-state index contributed by atoms with van der Waals surface area (Å²) >= 11 is 1.12. The summed E-state index contributed by atoms with van der Waals surface area (Å²) in [5, 5.41) is 11.9. The van der Waals surface area contributed by atoms with Crippen LogP contribution in [0.25, 0.3) is 0 Å². The molecule has 2 aromatic rings. The average Bonchev–Trinajstić information content (AvgIpc) is 2.79. The highest BCUT2D eigenvalue weighted by Crippen LogP contribution is 2.39. The summed E-state index contributed by atoms with van der Waals surface area (Å²) in [6, 6.07) is 5.08. The normalized spacial score (nSPS) is 12.3. The SMILES string of the molecule is Cc1nc(C(C)(C)c2cccc(C(F)(F)F)c2)sc1NC(=O)O. The summed E-state index contributed by atoms with van der Waals surface area (Å²) in [5.41, 5.74) is -0.551. The van der Waals surface area contributed by atoms with Crippen molar-refractivity contribution in [2.75, 3.05) is 5.32 Å². The predicted octanol–water partition coefficient (Wildman–Crippen LogP) is 4.89. The van der Waals surface area contributed by atoms with Gasteiger partial charge in [0.25, 0.3) is 0 Å². The molecule has 23 heavy (non-hydrogen) atoms. The third kappa shape index (κ3) is 3.64. The molecule has 1 heterocycles. The van der Waals surface area contributed by atoms with Crippen molar-refractivity contribution in [2.45, 2.75) is 32.4 Å². The smallest absolute Gasteiger partial charge is 0.416 e. The molecule has 2 N–H and O–H groups in total. The molecule has 0 spiro atoms. The van der Waals surface area contributed by atoms with Gasteiger partial charge < -0.3 is 5.11 Å². The van der Waals surface area contributed by atoms with Gasteiger partial charge in [0.2, 0.25) is 0 Å². The fraction of sp³-hybridized carbons (Fsp3) is 0.333. The molecule has 0 fully saturated rings. The molecule has 2 rings (SSSR count). The number of thiazole rings is 1. The topological polar surface area (TPSA) is 62.2 Å². The van der Waals surface area contributed by atoms with Crippen LogP contribution in [-0.4, -0.2) is 16.2 Å². The molecular formula is C15H15F3N2O2S. The van der Waals surface area contributed by atoms with Crippen LogP contribution in [0.4, 0.5) is 23.0 Å². The van der Waals surface area contributed by atoms with E-state index in [-0.39, 0.29) is 0 Å². The fourth-order valence-corrected chi connectivity index (χ4v) is 3.17. The van der Waals surface area contributed by atoms with E-state index in [0.29, 0.717) is 21.3 Å². The maximum Gasteiger partial charge on any atom is 0.416 e. The molecule has 0 aliphatic heterocycles. The molecule has 0 aliphatic rings. The predicted molar refractivity (Wildman–Crippen MR) is 82.1 cm³/mol. The van der Waals surface area contributed by atoms with Crippen molar-refractivity contribution in [3.63, 3.8) is 0 Å². The van der Waals surface area contributed by atoms with Crippen molar-refractivity contribution in [2.24, 2.45) is 0 Å². The van der Waals surface area contributed by atoms with E-state index < -0.39 is 23.2 Å². The summed E-state index contributed by atoms with van der Waals surface area (Å²) in [5.74, 6) is 0. The van der Waals surface area contributed by atoms with Crippen LogP contribution in [0.5, 0.6) is 0 Å². The summed E-state index contributed by atoms with van der Waals surface area (Å²) in [6.45, 7) is 5.16. The minimum Gasteiger partial charge on any atom is -0.465 e. The van der Waals surface area contributed by atoms with Crippen molar-refractivity contribution in [3.05, 3.63) is 46.1 Å². The first-order chi connectivity index (χ1) is 10.5. The summed E-state index contributed by atoms with van der Waals surface area (Å²) in [4.78, 5) is 15.1. The van der Waals surface area contributed by atoms with Crippen molar-refractivity contribution < 1.29 is 23.1 Å². The molecule has 0 saturated heterocycles. The van der Waals surface area contributed by atoms with E-state index in [1.165, 1.54) is 6.07 Å². The van der Waals surface area contributed by atoms with Crippen LogP contribution in [0.3, 0.4) is 0 Å². The van der Waals surface area contributed by atoms with Crippen LogP contribution < -0.4 is 5.32 Å². The summed E-state index contributed by atoms with van der Waals surface area (Å²) < 4.78 is 38.6. The number of hydrogen-bond donors (Lipinski definition) is 2. The van der Waals surface area contributed by atoms with E-state index >= 15 is 0 Å². The molecule has 124 valence electrons. The van der Waals surface area contributed by atoms with Crippen LogP contribution >= 0.6 is 11.3 Å². The molecule has 0 saturated carbocycles. The lowest BCUT2D eigenvalue weighted by molar-refractivity contribution is -0.137. The lowest BCUT2D eigenvalue weighted by atomic mass is 9.84. The Morgan fingerprint density at radius 2 is 1.87 bits per heavy atom. The Morgan fingerprint density at radius 3 is 2.43 bits per heavy atom. The highest BCUT2D eigenvalue weighted by molar-refractivity contribution is 7.16. The third-order valence-electron chi connectivity index (χ3n) is 3.46. The number of nitrogens with one attached hydrogen (secondary N) is 1. The molecule has 0 aliphatic carbocycles. The molecule has 8 heteroatoms. The Bertz CT molecular complexity index is 739. The highest BCUT2D eigenvalue weighted by atomic mass is 32.1. The van der Waals surface area contributed by atoms with Crippen LogP contribution in [0.1, 0.15) is 35.7 Å². The second-order valence-corrected chi connectivity index (χ2v) is 6.57. The quantitative estimate of drug-likeness (QED) is 0.834. The van der Waals surface area contributed by atoms with Gasteiger partial charge in [0, 0.05) is 5.41 Å². The van der Waals surface area contributed by atoms with Crippen LogP contribution in [0.15, 0.2) is 24.3 Å². The Labute approximate surface area is 135 Å². The zero-order valence-electron chi connectivity index (χ0n) is 12.7. The number of aryl methyl sites for hydroxylation is 1. The Kier molecular flexibility index (Phi) is 4.39. The van der Waals surface area contributed by atoms with E-state index in [1.807, 2.05) is 0 Å². The maximum absolute atomic E-state index is 12.9. The van der Waals surface area contributed by atoms with E-state index in [2.05, 4.69) is 10.3 Å². The maximum atomic E-state index is 12.9. The number of nitrogens with zero attached hydrogens (tertiary/aromatic N) is 1. The van der Waals surface area contributed by atoms with Crippen molar-refractivity contribution >= 4 is 22.4 Å². The number of alkyl halides is 3. The molecule has 1 aromatic heterocycles. The summed E-state index contributed by atoms with van der Waals surface area (Å²) in [6.07, 6.45) is -5.62. The van der Waals surface area contributed by atoms with Gasteiger partial charge in [-0.15, -0.1) is 0 Å². The number of carboxylic acid groups (broad SMARTS) is 1. The highest BCUT2D eigenvalue weighted by Gasteiger charge is 2.34. The molecule has 0 bridgehead atoms. The standard InChI is InChI=1S/C15H15F3N2O2S/c1-8-11(20-13(21)22)23-12(19-8)14(2,3)9-5-4-6-10(7-9)15(16,17)18/h4-7,20H,1-3H3,(H,21,22). The van der Waals surface area contributed by atoms with E-state index in [1.54, 1.807) is 26.8 Å². The van der Waals surface area contributed by atoms with Gasteiger partial charge in [-0.05, 0) is 32.4 Å². The van der Waals surface area contributed by atoms with Crippen LogP contribution in [-0.2, 0) is 11.6 Å². The van der Waals surface area contributed by atoms with Crippen molar-refractivity contribution in [1.29, 1.82) is 0 Å². The monoisotopic (exact) mass is 344 g/mol. The molecular weight excluding hydrogens is 329 g/mol. The lowest BCUT2D eigenvalue weighted by Gasteiger charge is -2.23. The van der Waals surface area contributed by atoms with Gasteiger partial charge in [-0.2, -0.15) is 13.2 Å². The number of carbonyl (C=O) groups is 1. The first-order valence-corrected chi connectivity index (χ1v) is 7.49. The second-order valence-electron chi connectivity index (χ2n) is 5.57. The zero-order valence-corrected chi connectivity index (χ0v) is 13.5. The number of aromatic nitrogens is 1. The van der Waals surface area contributed by atoms with Crippen LogP contribution in [0.2, 0.25) is 0 Å².